The number of carbonyl (C=O) groups excluding carboxylic acids is 1. The molecule has 2 rings (SSSR count). The Morgan fingerprint density at radius 3 is 2.89 bits per heavy atom. The van der Waals surface area contributed by atoms with Crippen LogP contribution in [0.15, 0.2) is 18.3 Å². The number of morpholine rings is 1. The van der Waals surface area contributed by atoms with Gasteiger partial charge in [-0.15, -0.1) is 0 Å². The quantitative estimate of drug-likeness (QED) is 0.844. The summed E-state index contributed by atoms with van der Waals surface area (Å²) in [6.07, 6.45) is 1.65. The molecule has 1 amide bonds. The number of nitrogens with zero attached hydrogens (tertiary/aromatic N) is 2. The average molecular weight is 251 g/mol. The van der Waals surface area contributed by atoms with E-state index < -0.39 is 0 Å². The van der Waals surface area contributed by atoms with Gasteiger partial charge in [-0.05, 0) is 12.1 Å². The van der Waals surface area contributed by atoms with Crippen molar-refractivity contribution in [3.63, 3.8) is 0 Å². The average Bonchev–Trinajstić information content (AvgIpc) is 2.41. The summed E-state index contributed by atoms with van der Waals surface area (Å²) in [4.78, 5) is 17.8. The minimum Gasteiger partial charge on any atom is -0.378 e. The van der Waals surface area contributed by atoms with Gasteiger partial charge < -0.3 is 19.7 Å². The van der Waals surface area contributed by atoms with Crippen molar-refractivity contribution in [3.8, 4) is 0 Å². The van der Waals surface area contributed by atoms with Gasteiger partial charge in [-0.25, -0.2) is 4.98 Å². The van der Waals surface area contributed by atoms with Crippen molar-refractivity contribution < 1.29 is 14.3 Å². The molecule has 18 heavy (non-hydrogen) atoms. The molecule has 1 saturated heterocycles. The van der Waals surface area contributed by atoms with Crippen LogP contribution in [-0.4, -0.2) is 50.9 Å². The first kappa shape index (κ1) is 12.8. The summed E-state index contributed by atoms with van der Waals surface area (Å²) in [5.74, 6) is 0.724. The SMILES string of the molecule is COCC(=O)Nc1ccc(N2CCOCC2)nc1. The van der Waals surface area contributed by atoms with E-state index in [1.165, 1.54) is 7.11 Å². The molecule has 6 heteroatoms. The van der Waals surface area contributed by atoms with Gasteiger partial charge in [-0.2, -0.15) is 0 Å². The van der Waals surface area contributed by atoms with E-state index in [0.717, 1.165) is 32.1 Å². The number of pyridine rings is 1. The molecule has 0 aliphatic carbocycles. The molecule has 1 aliphatic rings. The lowest BCUT2D eigenvalue weighted by atomic mass is 10.3. The number of amides is 1. The molecule has 6 nitrogen and oxygen atoms in total. The lowest BCUT2D eigenvalue weighted by Gasteiger charge is -2.27. The van der Waals surface area contributed by atoms with Crippen LogP contribution in [0, 0.1) is 0 Å². The topological polar surface area (TPSA) is 63.7 Å². The largest absolute Gasteiger partial charge is 0.378 e. The van der Waals surface area contributed by atoms with Gasteiger partial charge in [-0.1, -0.05) is 0 Å². The minimum atomic E-state index is -0.182. The first-order valence-corrected chi connectivity index (χ1v) is 5.87. The molecule has 0 atom stereocenters. The highest BCUT2D eigenvalue weighted by Crippen LogP contribution is 2.15. The van der Waals surface area contributed by atoms with Gasteiger partial charge in [0.25, 0.3) is 0 Å². The fourth-order valence-electron chi connectivity index (χ4n) is 1.77. The van der Waals surface area contributed by atoms with Gasteiger partial charge in [0, 0.05) is 20.2 Å². The zero-order valence-corrected chi connectivity index (χ0v) is 10.4. The molecule has 0 bridgehead atoms. The predicted octanol–water partition coefficient (Wildman–Crippen LogP) is 0.503. The summed E-state index contributed by atoms with van der Waals surface area (Å²) in [6.45, 7) is 3.21. The molecule has 1 N–H and O–H groups in total. The Morgan fingerprint density at radius 1 is 1.50 bits per heavy atom. The number of nitrogens with one attached hydrogen (secondary N) is 1. The van der Waals surface area contributed by atoms with E-state index in [1.807, 2.05) is 12.1 Å². The number of ether oxygens (including phenoxy) is 2. The van der Waals surface area contributed by atoms with E-state index in [9.17, 15) is 4.79 Å². The van der Waals surface area contributed by atoms with E-state index in [1.54, 1.807) is 6.20 Å². The Bertz CT molecular complexity index is 388. The Hall–Kier alpha value is -1.66. The Kier molecular flexibility index (Phi) is 4.49. The van der Waals surface area contributed by atoms with Gasteiger partial charge in [-0.3, -0.25) is 4.79 Å². The fraction of sp³-hybridized carbons (Fsp3) is 0.500. The minimum absolute atomic E-state index is 0.0468. The van der Waals surface area contributed by atoms with E-state index in [4.69, 9.17) is 9.47 Å². The molecular formula is C12H17N3O3. The second-order valence-electron chi connectivity index (χ2n) is 3.99. The standard InChI is InChI=1S/C12H17N3O3/c1-17-9-12(16)14-10-2-3-11(13-8-10)15-4-6-18-7-5-15/h2-3,8H,4-7,9H2,1H3,(H,14,16). The molecule has 98 valence electrons. The second-order valence-corrected chi connectivity index (χ2v) is 3.99. The summed E-state index contributed by atoms with van der Waals surface area (Å²) >= 11 is 0. The number of hydrogen-bond acceptors (Lipinski definition) is 5. The first-order valence-electron chi connectivity index (χ1n) is 5.87. The number of carbonyl (C=O) groups is 1. The third-order valence-electron chi connectivity index (χ3n) is 2.64. The molecule has 0 saturated carbocycles. The maximum absolute atomic E-state index is 11.3. The molecule has 1 aliphatic heterocycles. The smallest absolute Gasteiger partial charge is 0.250 e. The summed E-state index contributed by atoms with van der Waals surface area (Å²) in [6, 6.07) is 3.74. The number of rotatable bonds is 4. The maximum Gasteiger partial charge on any atom is 0.250 e. The van der Waals surface area contributed by atoms with Crippen molar-refractivity contribution >= 4 is 17.4 Å². The Morgan fingerprint density at radius 2 is 2.28 bits per heavy atom. The molecule has 0 radical (unpaired) electrons. The Balaban J connectivity index is 1.94. The monoisotopic (exact) mass is 251 g/mol. The number of aromatic nitrogens is 1. The van der Waals surface area contributed by atoms with Gasteiger partial charge in [0.1, 0.15) is 12.4 Å². The van der Waals surface area contributed by atoms with Crippen molar-refractivity contribution in [1.29, 1.82) is 0 Å². The first-order chi connectivity index (χ1) is 8.79. The van der Waals surface area contributed by atoms with E-state index >= 15 is 0 Å². The normalized spacial score (nSPS) is 15.5. The summed E-state index contributed by atoms with van der Waals surface area (Å²) in [5, 5.41) is 2.70. The molecule has 1 fully saturated rings. The fourth-order valence-corrected chi connectivity index (χ4v) is 1.77. The van der Waals surface area contributed by atoms with Crippen LogP contribution >= 0.6 is 0 Å². The van der Waals surface area contributed by atoms with Crippen molar-refractivity contribution in [1.82, 2.24) is 4.98 Å². The maximum atomic E-state index is 11.3. The van der Waals surface area contributed by atoms with Gasteiger partial charge in [0.15, 0.2) is 0 Å². The number of anilines is 2. The van der Waals surface area contributed by atoms with Crippen LogP contribution in [-0.2, 0) is 14.3 Å². The van der Waals surface area contributed by atoms with Crippen LogP contribution in [0.5, 0.6) is 0 Å². The van der Waals surface area contributed by atoms with Crippen molar-refractivity contribution in [2.24, 2.45) is 0 Å². The third-order valence-corrected chi connectivity index (χ3v) is 2.64. The summed E-state index contributed by atoms with van der Waals surface area (Å²) in [5.41, 5.74) is 0.675. The van der Waals surface area contributed by atoms with Crippen LogP contribution in [0.2, 0.25) is 0 Å². The zero-order chi connectivity index (χ0) is 12.8. The van der Waals surface area contributed by atoms with Crippen LogP contribution in [0.25, 0.3) is 0 Å². The molecular weight excluding hydrogens is 234 g/mol. The summed E-state index contributed by atoms with van der Waals surface area (Å²) < 4.78 is 10.0. The van der Waals surface area contributed by atoms with Crippen molar-refractivity contribution in [2.75, 3.05) is 50.2 Å². The highest BCUT2D eigenvalue weighted by atomic mass is 16.5. The number of hydrogen-bond donors (Lipinski definition) is 1. The second kappa shape index (κ2) is 6.32. The van der Waals surface area contributed by atoms with Crippen molar-refractivity contribution in [2.45, 2.75) is 0 Å². The summed E-state index contributed by atoms with van der Waals surface area (Å²) in [7, 11) is 1.49. The van der Waals surface area contributed by atoms with Gasteiger partial charge in [0.05, 0.1) is 25.1 Å². The van der Waals surface area contributed by atoms with Gasteiger partial charge in [0.2, 0.25) is 5.91 Å². The van der Waals surface area contributed by atoms with Crippen LogP contribution < -0.4 is 10.2 Å². The van der Waals surface area contributed by atoms with E-state index in [0.29, 0.717) is 5.69 Å². The Labute approximate surface area is 106 Å². The van der Waals surface area contributed by atoms with E-state index in [-0.39, 0.29) is 12.5 Å². The molecule has 1 aromatic heterocycles. The molecule has 0 spiro atoms. The highest BCUT2D eigenvalue weighted by molar-refractivity contribution is 5.91. The van der Waals surface area contributed by atoms with Crippen molar-refractivity contribution in [3.05, 3.63) is 18.3 Å². The van der Waals surface area contributed by atoms with Gasteiger partial charge >= 0.3 is 0 Å². The third kappa shape index (κ3) is 3.41. The predicted molar refractivity (Wildman–Crippen MR) is 67.8 cm³/mol. The lowest BCUT2D eigenvalue weighted by molar-refractivity contribution is -0.119. The van der Waals surface area contributed by atoms with E-state index in [2.05, 4.69) is 15.2 Å². The molecule has 0 unspecified atom stereocenters. The molecule has 2 heterocycles. The lowest BCUT2D eigenvalue weighted by Crippen LogP contribution is -2.36. The molecule has 0 aromatic carbocycles. The van der Waals surface area contributed by atoms with Crippen LogP contribution in [0.4, 0.5) is 11.5 Å². The number of methoxy groups -OCH3 is 1. The highest BCUT2D eigenvalue weighted by Gasteiger charge is 2.12. The van der Waals surface area contributed by atoms with Crippen LogP contribution in [0.1, 0.15) is 0 Å². The zero-order valence-electron chi connectivity index (χ0n) is 10.4. The van der Waals surface area contributed by atoms with Crippen LogP contribution in [0.3, 0.4) is 0 Å². The molecule has 1 aromatic rings.